The molecule has 3 heteroatoms. The second-order valence-electron chi connectivity index (χ2n) is 5.37. The average Bonchev–Trinajstić information content (AvgIpc) is 2.43. The highest BCUT2D eigenvalue weighted by Crippen LogP contribution is 2.15. The van der Waals surface area contributed by atoms with Crippen molar-refractivity contribution < 1.29 is 9.53 Å². The van der Waals surface area contributed by atoms with Crippen LogP contribution < -0.4 is 10.1 Å². The summed E-state index contributed by atoms with van der Waals surface area (Å²) in [6.45, 7) is 6.62. The fourth-order valence-corrected chi connectivity index (χ4v) is 2.12. The molecule has 0 unspecified atom stereocenters. The lowest BCUT2D eigenvalue weighted by molar-refractivity contribution is -0.123. The quantitative estimate of drug-likeness (QED) is 0.914. The van der Waals surface area contributed by atoms with Gasteiger partial charge in [-0.25, -0.2) is 0 Å². The summed E-state index contributed by atoms with van der Waals surface area (Å²) >= 11 is 0. The van der Waals surface area contributed by atoms with Crippen LogP contribution >= 0.6 is 0 Å². The zero-order valence-corrected chi connectivity index (χ0v) is 12.8. The van der Waals surface area contributed by atoms with Crippen LogP contribution in [0.4, 0.5) is 0 Å². The molecule has 21 heavy (non-hydrogen) atoms. The number of hydrogen-bond donors (Lipinski definition) is 1. The molecule has 0 fully saturated rings. The fraction of sp³-hybridized carbons (Fsp3) is 0.278. The Labute approximate surface area is 126 Å². The highest BCUT2D eigenvalue weighted by Gasteiger charge is 2.04. The van der Waals surface area contributed by atoms with Crippen LogP contribution in [0.3, 0.4) is 0 Å². The monoisotopic (exact) mass is 283 g/mol. The van der Waals surface area contributed by atoms with Gasteiger partial charge in [-0.2, -0.15) is 0 Å². The Morgan fingerprint density at radius 3 is 2.19 bits per heavy atom. The molecular weight excluding hydrogens is 262 g/mol. The first kappa shape index (κ1) is 15.1. The van der Waals surface area contributed by atoms with Gasteiger partial charge >= 0.3 is 0 Å². The van der Waals surface area contributed by atoms with E-state index < -0.39 is 0 Å². The zero-order valence-electron chi connectivity index (χ0n) is 12.8. The molecule has 0 spiro atoms. The number of carbonyl (C=O) groups excluding carboxylic acids is 1. The number of hydrogen-bond acceptors (Lipinski definition) is 2. The van der Waals surface area contributed by atoms with Crippen molar-refractivity contribution in [1.82, 2.24) is 5.32 Å². The molecule has 1 N–H and O–H groups in total. The van der Waals surface area contributed by atoms with Crippen molar-refractivity contribution >= 4 is 5.91 Å². The van der Waals surface area contributed by atoms with Gasteiger partial charge in [0.15, 0.2) is 6.61 Å². The van der Waals surface area contributed by atoms with Gasteiger partial charge in [0.25, 0.3) is 5.91 Å². The van der Waals surface area contributed by atoms with E-state index in [2.05, 4.69) is 11.4 Å². The molecule has 0 saturated heterocycles. The second-order valence-corrected chi connectivity index (χ2v) is 5.37. The molecule has 0 radical (unpaired) electrons. The smallest absolute Gasteiger partial charge is 0.258 e. The van der Waals surface area contributed by atoms with Crippen molar-refractivity contribution in [2.45, 2.75) is 27.3 Å². The van der Waals surface area contributed by atoms with Crippen LogP contribution in [0, 0.1) is 20.8 Å². The molecule has 0 aliphatic heterocycles. The van der Waals surface area contributed by atoms with Gasteiger partial charge in [-0.15, -0.1) is 0 Å². The molecule has 0 aliphatic rings. The maximum atomic E-state index is 11.8. The lowest BCUT2D eigenvalue weighted by Gasteiger charge is -2.09. The van der Waals surface area contributed by atoms with E-state index in [4.69, 9.17) is 4.74 Å². The van der Waals surface area contributed by atoms with E-state index in [1.165, 1.54) is 5.56 Å². The van der Waals surface area contributed by atoms with E-state index >= 15 is 0 Å². The van der Waals surface area contributed by atoms with Gasteiger partial charge < -0.3 is 10.1 Å². The lowest BCUT2D eigenvalue weighted by Crippen LogP contribution is -2.28. The third kappa shape index (κ3) is 4.95. The van der Waals surface area contributed by atoms with Crippen LogP contribution in [0.2, 0.25) is 0 Å². The number of ether oxygens (including phenoxy) is 1. The largest absolute Gasteiger partial charge is 0.484 e. The maximum Gasteiger partial charge on any atom is 0.258 e. The molecule has 3 nitrogen and oxygen atoms in total. The third-order valence-corrected chi connectivity index (χ3v) is 3.18. The van der Waals surface area contributed by atoms with Gasteiger partial charge in [-0.05, 0) is 49.6 Å². The Morgan fingerprint density at radius 1 is 0.952 bits per heavy atom. The minimum atomic E-state index is -0.116. The first-order valence-electron chi connectivity index (χ1n) is 7.06. The molecule has 2 aromatic carbocycles. The molecule has 1 amide bonds. The van der Waals surface area contributed by atoms with Crippen LogP contribution in [0.5, 0.6) is 5.75 Å². The Hall–Kier alpha value is -2.29. The van der Waals surface area contributed by atoms with E-state index in [-0.39, 0.29) is 12.5 Å². The van der Waals surface area contributed by atoms with Crippen molar-refractivity contribution in [2.75, 3.05) is 6.61 Å². The Morgan fingerprint density at radius 2 is 1.57 bits per heavy atom. The average molecular weight is 283 g/mol. The van der Waals surface area contributed by atoms with Gasteiger partial charge in [0.05, 0.1) is 0 Å². The summed E-state index contributed by atoms with van der Waals surface area (Å²) in [5.41, 5.74) is 4.55. The number of nitrogens with one attached hydrogen (secondary N) is 1. The van der Waals surface area contributed by atoms with E-state index in [1.807, 2.05) is 57.2 Å². The molecule has 2 rings (SSSR count). The molecule has 0 aromatic heterocycles. The SMILES string of the molecule is Cc1ccc(CNC(=O)COc2cc(C)cc(C)c2)cc1. The van der Waals surface area contributed by atoms with Crippen molar-refractivity contribution in [1.29, 1.82) is 0 Å². The maximum absolute atomic E-state index is 11.8. The van der Waals surface area contributed by atoms with Crippen molar-refractivity contribution in [3.8, 4) is 5.75 Å². The highest BCUT2D eigenvalue weighted by molar-refractivity contribution is 5.77. The Bertz CT molecular complexity index is 597. The molecule has 0 atom stereocenters. The summed E-state index contributed by atoms with van der Waals surface area (Å²) in [4.78, 5) is 11.8. The first-order chi connectivity index (χ1) is 10.0. The number of amides is 1. The number of benzene rings is 2. The Kier molecular flexibility index (Phi) is 4.99. The molecule has 0 bridgehead atoms. The minimum Gasteiger partial charge on any atom is -0.484 e. The van der Waals surface area contributed by atoms with Crippen LogP contribution in [-0.4, -0.2) is 12.5 Å². The van der Waals surface area contributed by atoms with Gasteiger partial charge in [0.1, 0.15) is 5.75 Å². The minimum absolute atomic E-state index is 0.0365. The normalized spacial score (nSPS) is 10.2. The molecular formula is C18H21NO2. The van der Waals surface area contributed by atoms with Gasteiger partial charge in [-0.3, -0.25) is 4.79 Å². The summed E-state index contributed by atoms with van der Waals surface area (Å²) in [5.74, 6) is 0.618. The van der Waals surface area contributed by atoms with Crippen LogP contribution in [0.15, 0.2) is 42.5 Å². The first-order valence-corrected chi connectivity index (χ1v) is 7.06. The summed E-state index contributed by atoms with van der Waals surface area (Å²) in [5, 5.41) is 2.85. The number of aryl methyl sites for hydroxylation is 3. The Balaban J connectivity index is 1.80. The van der Waals surface area contributed by atoms with E-state index in [0.29, 0.717) is 6.54 Å². The van der Waals surface area contributed by atoms with E-state index in [0.717, 1.165) is 22.4 Å². The predicted octanol–water partition coefficient (Wildman–Crippen LogP) is 3.31. The van der Waals surface area contributed by atoms with Gasteiger partial charge in [0.2, 0.25) is 0 Å². The van der Waals surface area contributed by atoms with Crippen LogP contribution in [0.25, 0.3) is 0 Å². The fourth-order valence-electron chi connectivity index (χ4n) is 2.12. The van der Waals surface area contributed by atoms with Crippen LogP contribution in [0.1, 0.15) is 22.3 Å². The number of carbonyl (C=O) groups is 1. The van der Waals surface area contributed by atoms with E-state index in [9.17, 15) is 4.79 Å². The van der Waals surface area contributed by atoms with Gasteiger partial charge in [0, 0.05) is 6.54 Å². The third-order valence-electron chi connectivity index (χ3n) is 3.18. The number of rotatable bonds is 5. The highest BCUT2D eigenvalue weighted by atomic mass is 16.5. The summed E-state index contributed by atoms with van der Waals surface area (Å²) in [6.07, 6.45) is 0. The molecule has 2 aromatic rings. The molecule has 0 heterocycles. The lowest BCUT2D eigenvalue weighted by atomic mass is 10.1. The molecule has 0 aliphatic carbocycles. The van der Waals surface area contributed by atoms with Gasteiger partial charge in [-0.1, -0.05) is 35.9 Å². The van der Waals surface area contributed by atoms with Crippen molar-refractivity contribution in [2.24, 2.45) is 0 Å². The van der Waals surface area contributed by atoms with Crippen molar-refractivity contribution in [3.05, 3.63) is 64.7 Å². The standard InChI is InChI=1S/C18H21NO2/c1-13-4-6-16(7-5-13)11-19-18(20)12-21-17-9-14(2)8-15(3)10-17/h4-10H,11-12H2,1-3H3,(H,19,20). The summed E-state index contributed by atoms with van der Waals surface area (Å²) < 4.78 is 5.52. The summed E-state index contributed by atoms with van der Waals surface area (Å²) in [6, 6.07) is 14.0. The van der Waals surface area contributed by atoms with Crippen LogP contribution in [-0.2, 0) is 11.3 Å². The molecule has 0 saturated carbocycles. The second kappa shape index (κ2) is 6.93. The topological polar surface area (TPSA) is 38.3 Å². The predicted molar refractivity (Wildman–Crippen MR) is 84.4 cm³/mol. The molecule has 110 valence electrons. The summed E-state index contributed by atoms with van der Waals surface area (Å²) in [7, 11) is 0. The van der Waals surface area contributed by atoms with Crippen molar-refractivity contribution in [3.63, 3.8) is 0 Å². The zero-order chi connectivity index (χ0) is 15.2. The van der Waals surface area contributed by atoms with E-state index in [1.54, 1.807) is 0 Å².